The first-order valence-electron chi connectivity index (χ1n) is 6.90. The normalized spacial score (nSPS) is 12.4. The third kappa shape index (κ3) is 8.05. The van der Waals surface area contributed by atoms with Crippen molar-refractivity contribution in [2.24, 2.45) is 5.41 Å². The summed E-state index contributed by atoms with van der Waals surface area (Å²) in [7, 11) is 0. The molecular formula is C16H27ClN2O. The van der Waals surface area contributed by atoms with Gasteiger partial charge in [0.05, 0.1) is 6.42 Å². The predicted octanol–water partition coefficient (Wildman–Crippen LogP) is 3.56. The number of nitrogens with one attached hydrogen (secondary N) is 1. The number of rotatable bonds is 5. The molecule has 0 fully saturated rings. The van der Waals surface area contributed by atoms with Crippen LogP contribution in [0.2, 0.25) is 0 Å². The zero-order chi connectivity index (χ0) is 14.5. The monoisotopic (exact) mass is 298 g/mol. The average Bonchev–Trinajstić information content (AvgIpc) is 2.29. The van der Waals surface area contributed by atoms with Crippen molar-refractivity contribution in [2.75, 3.05) is 5.73 Å². The summed E-state index contributed by atoms with van der Waals surface area (Å²) in [6.45, 7) is 8.72. The minimum atomic E-state index is 0. The molecule has 1 atom stereocenters. The van der Waals surface area contributed by atoms with E-state index >= 15 is 0 Å². The molecule has 1 aromatic rings. The van der Waals surface area contributed by atoms with Gasteiger partial charge >= 0.3 is 0 Å². The first kappa shape index (κ1) is 18.8. The summed E-state index contributed by atoms with van der Waals surface area (Å²) in [5.41, 5.74) is 7.65. The van der Waals surface area contributed by atoms with Crippen LogP contribution in [0.1, 0.15) is 46.1 Å². The van der Waals surface area contributed by atoms with Crippen LogP contribution in [0, 0.1) is 5.41 Å². The molecule has 3 N–H and O–H groups in total. The molecule has 0 aliphatic carbocycles. The molecular weight excluding hydrogens is 272 g/mol. The van der Waals surface area contributed by atoms with E-state index in [2.05, 4.69) is 33.0 Å². The van der Waals surface area contributed by atoms with E-state index in [0.717, 1.165) is 24.1 Å². The van der Waals surface area contributed by atoms with Gasteiger partial charge < -0.3 is 11.1 Å². The molecule has 0 aromatic heterocycles. The number of carbonyl (C=O) groups excluding carboxylic acids is 1. The molecule has 0 bridgehead atoms. The fourth-order valence-corrected chi connectivity index (χ4v) is 1.87. The summed E-state index contributed by atoms with van der Waals surface area (Å²) >= 11 is 0. The summed E-state index contributed by atoms with van der Waals surface area (Å²) in [6.07, 6.45) is 2.54. The van der Waals surface area contributed by atoms with E-state index in [1.807, 2.05) is 24.3 Å². The van der Waals surface area contributed by atoms with Gasteiger partial charge in [0.25, 0.3) is 0 Å². The molecule has 1 rings (SSSR count). The molecule has 0 spiro atoms. The molecule has 114 valence electrons. The predicted molar refractivity (Wildman–Crippen MR) is 88.1 cm³/mol. The quantitative estimate of drug-likeness (QED) is 0.817. The van der Waals surface area contributed by atoms with Crippen LogP contribution in [-0.4, -0.2) is 11.9 Å². The summed E-state index contributed by atoms with van der Waals surface area (Å²) in [4.78, 5) is 11.9. The number of amides is 1. The molecule has 1 unspecified atom stereocenters. The Morgan fingerprint density at radius 3 is 2.30 bits per heavy atom. The first-order chi connectivity index (χ1) is 8.76. The maximum absolute atomic E-state index is 11.9. The third-order valence-electron chi connectivity index (χ3n) is 3.08. The zero-order valence-corrected chi connectivity index (χ0v) is 13.7. The lowest BCUT2D eigenvalue weighted by Crippen LogP contribution is -2.34. The van der Waals surface area contributed by atoms with E-state index in [-0.39, 0.29) is 24.4 Å². The van der Waals surface area contributed by atoms with Crippen molar-refractivity contribution in [2.45, 2.75) is 53.0 Å². The van der Waals surface area contributed by atoms with E-state index in [1.165, 1.54) is 0 Å². The Morgan fingerprint density at radius 1 is 1.25 bits per heavy atom. The van der Waals surface area contributed by atoms with Crippen LogP contribution in [0.25, 0.3) is 0 Å². The van der Waals surface area contributed by atoms with Crippen molar-refractivity contribution in [1.29, 1.82) is 0 Å². The standard InChI is InChI=1S/C16H26N2O.ClH/c1-12(9-10-16(2,3)4)18-15(19)11-13-5-7-14(17)8-6-13;/h5-8,12H,9-11,17H2,1-4H3,(H,18,19);1H. The Kier molecular flexibility index (Phi) is 7.66. The van der Waals surface area contributed by atoms with Crippen molar-refractivity contribution < 1.29 is 4.79 Å². The topological polar surface area (TPSA) is 55.1 Å². The van der Waals surface area contributed by atoms with Gasteiger partial charge in [-0.05, 0) is 42.9 Å². The highest BCUT2D eigenvalue weighted by atomic mass is 35.5. The average molecular weight is 299 g/mol. The van der Waals surface area contributed by atoms with Gasteiger partial charge in [-0.3, -0.25) is 4.79 Å². The van der Waals surface area contributed by atoms with Crippen molar-refractivity contribution >= 4 is 24.0 Å². The van der Waals surface area contributed by atoms with Gasteiger partial charge in [0.2, 0.25) is 5.91 Å². The highest BCUT2D eigenvalue weighted by molar-refractivity contribution is 5.85. The summed E-state index contributed by atoms with van der Waals surface area (Å²) < 4.78 is 0. The lowest BCUT2D eigenvalue weighted by molar-refractivity contribution is -0.121. The van der Waals surface area contributed by atoms with Crippen LogP contribution in [0.3, 0.4) is 0 Å². The Balaban J connectivity index is 0.00000361. The molecule has 0 heterocycles. The molecule has 0 saturated heterocycles. The Morgan fingerprint density at radius 2 is 1.80 bits per heavy atom. The van der Waals surface area contributed by atoms with Gasteiger partial charge in [0.1, 0.15) is 0 Å². The number of anilines is 1. The van der Waals surface area contributed by atoms with Gasteiger partial charge in [0, 0.05) is 11.7 Å². The van der Waals surface area contributed by atoms with Crippen molar-refractivity contribution in [3.63, 3.8) is 0 Å². The summed E-state index contributed by atoms with van der Waals surface area (Å²) in [5, 5.41) is 3.05. The van der Waals surface area contributed by atoms with Gasteiger partial charge in [-0.1, -0.05) is 32.9 Å². The molecule has 0 aliphatic heterocycles. The molecule has 0 aliphatic rings. The molecule has 1 aromatic carbocycles. The van der Waals surface area contributed by atoms with E-state index in [0.29, 0.717) is 11.8 Å². The van der Waals surface area contributed by atoms with Gasteiger partial charge in [0.15, 0.2) is 0 Å². The van der Waals surface area contributed by atoms with Crippen LogP contribution in [0.5, 0.6) is 0 Å². The highest BCUT2D eigenvalue weighted by Crippen LogP contribution is 2.21. The Labute approximate surface area is 128 Å². The molecule has 0 saturated carbocycles. The van der Waals surface area contributed by atoms with Gasteiger partial charge in [-0.2, -0.15) is 0 Å². The Bertz CT molecular complexity index is 409. The maximum atomic E-state index is 11.9. The minimum absolute atomic E-state index is 0. The van der Waals surface area contributed by atoms with Crippen molar-refractivity contribution in [3.05, 3.63) is 29.8 Å². The van der Waals surface area contributed by atoms with E-state index in [4.69, 9.17) is 5.73 Å². The largest absolute Gasteiger partial charge is 0.399 e. The zero-order valence-electron chi connectivity index (χ0n) is 12.9. The molecule has 1 amide bonds. The number of benzene rings is 1. The molecule has 20 heavy (non-hydrogen) atoms. The SMILES string of the molecule is CC(CCC(C)(C)C)NC(=O)Cc1ccc(N)cc1.Cl. The fourth-order valence-electron chi connectivity index (χ4n) is 1.87. The fraction of sp³-hybridized carbons (Fsp3) is 0.562. The Hall–Kier alpha value is -1.22. The van der Waals surface area contributed by atoms with Gasteiger partial charge in [-0.25, -0.2) is 0 Å². The van der Waals surface area contributed by atoms with E-state index < -0.39 is 0 Å². The number of nitrogen functional groups attached to an aromatic ring is 1. The van der Waals surface area contributed by atoms with Crippen molar-refractivity contribution in [1.82, 2.24) is 5.32 Å². The lowest BCUT2D eigenvalue weighted by atomic mass is 9.89. The second-order valence-electron chi connectivity index (χ2n) is 6.49. The molecule has 4 heteroatoms. The molecule has 3 nitrogen and oxygen atoms in total. The van der Waals surface area contributed by atoms with E-state index in [9.17, 15) is 4.79 Å². The number of hydrogen-bond acceptors (Lipinski definition) is 2. The van der Waals surface area contributed by atoms with Gasteiger partial charge in [-0.15, -0.1) is 12.4 Å². The number of carbonyl (C=O) groups is 1. The van der Waals surface area contributed by atoms with Crippen LogP contribution in [-0.2, 0) is 11.2 Å². The lowest BCUT2D eigenvalue weighted by Gasteiger charge is -2.21. The second kappa shape index (κ2) is 8.15. The van der Waals surface area contributed by atoms with Crippen LogP contribution < -0.4 is 11.1 Å². The number of halogens is 1. The first-order valence-corrected chi connectivity index (χ1v) is 6.90. The van der Waals surface area contributed by atoms with E-state index in [1.54, 1.807) is 0 Å². The maximum Gasteiger partial charge on any atom is 0.224 e. The minimum Gasteiger partial charge on any atom is -0.399 e. The summed E-state index contributed by atoms with van der Waals surface area (Å²) in [6, 6.07) is 7.67. The second-order valence-corrected chi connectivity index (χ2v) is 6.49. The smallest absolute Gasteiger partial charge is 0.224 e. The van der Waals surface area contributed by atoms with Crippen molar-refractivity contribution in [3.8, 4) is 0 Å². The summed E-state index contributed by atoms with van der Waals surface area (Å²) in [5.74, 6) is 0.0752. The molecule has 0 radical (unpaired) electrons. The highest BCUT2D eigenvalue weighted by Gasteiger charge is 2.14. The number of nitrogens with two attached hydrogens (primary N) is 1. The third-order valence-corrected chi connectivity index (χ3v) is 3.08. The van der Waals surface area contributed by atoms with Crippen LogP contribution in [0.15, 0.2) is 24.3 Å². The van der Waals surface area contributed by atoms with Crippen LogP contribution in [0.4, 0.5) is 5.69 Å². The van der Waals surface area contributed by atoms with Crippen LogP contribution >= 0.6 is 12.4 Å². The number of hydrogen-bond donors (Lipinski definition) is 2.